The van der Waals surface area contributed by atoms with Crippen LogP contribution in [0.3, 0.4) is 0 Å². The molecule has 0 aliphatic carbocycles. The third-order valence-electron chi connectivity index (χ3n) is 4.60. The Balaban J connectivity index is 1.57. The molecule has 0 saturated heterocycles. The number of carbonyl (C=O) groups excluding carboxylic acids is 2. The Morgan fingerprint density at radius 3 is 1.97 bits per heavy atom. The highest BCUT2D eigenvalue weighted by atomic mass is 16.5. The Kier molecular flexibility index (Phi) is 7.12. The molecule has 3 nitrogen and oxygen atoms in total. The summed E-state index contributed by atoms with van der Waals surface area (Å²) in [6.07, 6.45) is 6.42. The van der Waals surface area contributed by atoms with Crippen LogP contribution in [0.15, 0.2) is 91.0 Å². The molecule has 0 atom stereocenters. The van der Waals surface area contributed by atoms with Crippen LogP contribution in [0.4, 0.5) is 0 Å². The average molecular weight is 396 g/mol. The van der Waals surface area contributed by atoms with E-state index in [4.69, 9.17) is 4.74 Å². The molecule has 0 N–H and O–H groups in total. The van der Waals surface area contributed by atoms with Gasteiger partial charge in [0.15, 0.2) is 5.78 Å². The fourth-order valence-corrected chi connectivity index (χ4v) is 2.83. The van der Waals surface area contributed by atoms with Crippen LogP contribution in [0.2, 0.25) is 0 Å². The van der Waals surface area contributed by atoms with Gasteiger partial charge in [-0.2, -0.15) is 0 Å². The normalized spacial score (nSPS) is 11.3. The zero-order valence-electron chi connectivity index (χ0n) is 17.1. The van der Waals surface area contributed by atoms with Crippen LogP contribution in [0.5, 0.6) is 5.75 Å². The Bertz CT molecular complexity index is 1040. The van der Waals surface area contributed by atoms with E-state index in [1.165, 1.54) is 11.6 Å². The number of hydrogen-bond acceptors (Lipinski definition) is 3. The zero-order valence-corrected chi connectivity index (χ0v) is 17.1. The van der Waals surface area contributed by atoms with Crippen molar-refractivity contribution in [1.29, 1.82) is 0 Å². The minimum Gasteiger partial charge on any atom is -0.423 e. The summed E-state index contributed by atoms with van der Waals surface area (Å²) in [5.41, 5.74) is 3.69. The van der Waals surface area contributed by atoms with Gasteiger partial charge in [0, 0.05) is 11.6 Å². The second-order valence-corrected chi connectivity index (χ2v) is 7.21. The van der Waals surface area contributed by atoms with E-state index < -0.39 is 5.97 Å². The first-order valence-corrected chi connectivity index (χ1v) is 9.88. The molecule has 0 aliphatic rings. The monoisotopic (exact) mass is 396 g/mol. The molecule has 0 bridgehead atoms. The van der Waals surface area contributed by atoms with Crippen molar-refractivity contribution in [3.8, 4) is 5.75 Å². The molecule has 0 saturated carbocycles. The summed E-state index contributed by atoms with van der Waals surface area (Å²) in [6, 6.07) is 24.2. The number of benzene rings is 3. The van der Waals surface area contributed by atoms with Gasteiger partial charge >= 0.3 is 5.97 Å². The number of hydrogen-bond donors (Lipinski definition) is 0. The second-order valence-electron chi connectivity index (χ2n) is 7.21. The number of rotatable bonds is 7. The smallest absolute Gasteiger partial charge is 0.336 e. The average Bonchev–Trinajstić information content (AvgIpc) is 2.77. The molecule has 3 aromatic rings. The maximum atomic E-state index is 12.4. The molecule has 30 heavy (non-hydrogen) atoms. The summed E-state index contributed by atoms with van der Waals surface area (Å²) in [7, 11) is 0. The molecule has 0 aliphatic heterocycles. The Morgan fingerprint density at radius 2 is 1.33 bits per heavy atom. The maximum Gasteiger partial charge on any atom is 0.336 e. The summed E-state index contributed by atoms with van der Waals surface area (Å²) >= 11 is 0. The van der Waals surface area contributed by atoms with Gasteiger partial charge in [-0.1, -0.05) is 74.5 Å². The highest BCUT2D eigenvalue weighted by Crippen LogP contribution is 2.17. The van der Waals surface area contributed by atoms with Crippen LogP contribution in [0.1, 0.15) is 46.8 Å². The molecule has 150 valence electrons. The molecule has 3 heteroatoms. The van der Waals surface area contributed by atoms with Crippen molar-refractivity contribution in [2.24, 2.45) is 0 Å². The van der Waals surface area contributed by atoms with Crippen molar-refractivity contribution < 1.29 is 14.3 Å². The first-order chi connectivity index (χ1) is 14.5. The first-order valence-electron chi connectivity index (χ1n) is 9.88. The van der Waals surface area contributed by atoms with Gasteiger partial charge < -0.3 is 4.74 Å². The predicted molar refractivity (Wildman–Crippen MR) is 121 cm³/mol. The van der Waals surface area contributed by atoms with Crippen LogP contribution in [-0.2, 0) is 4.79 Å². The van der Waals surface area contributed by atoms with Gasteiger partial charge in [0.2, 0.25) is 0 Å². The van der Waals surface area contributed by atoms with Crippen LogP contribution in [0, 0.1) is 0 Å². The molecule has 0 aromatic heterocycles. The lowest BCUT2D eigenvalue weighted by molar-refractivity contribution is -0.128. The van der Waals surface area contributed by atoms with Crippen LogP contribution >= 0.6 is 0 Å². The summed E-state index contributed by atoms with van der Waals surface area (Å²) in [5.74, 6) is 0.293. The highest BCUT2D eigenvalue weighted by molar-refractivity contribution is 6.06. The van der Waals surface area contributed by atoms with Crippen molar-refractivity contribution in [1.82, 2.24) is 0 Å². The zero-order chi connectivity index (χ0) is 21.3. The van der Waals surface area contributed by atoms with E-state index in [-0.39, 0.29) is 5.78 Å². The molecule has 3 aromatic carbocycles. The molecule has 0 amide bonds. The summed E-state index contributed by atoms with van der Waals surface area (Å²) in [4.78, 5) is 24.3. The fraction of sp³-hybridized carbons (Fsp3) is 0.111. The molecule has 0 heterocycles. The summed E-state index contributed by atoms with van der Waals surface area (Å²) in [6.45, 7) is 4.30. The topological polar surface area (TPSA) is 43.4 Å². The van der Waals surface area contributed by atoms with E-state index in [1.807, 2.05) is 42.5 Å². The Morgan fingerprint density at radius 1 is 0.733 bits per heavy atom. The molecule has 3 rings (SSSR count). The van der Waals surface area contributed by atoms with Crippen LogP contribution in [-0.4, -0.2) is 11.8 Å². The van der Waals surface area contributed by atoms with Gasteiger partial charge in [-0.25, -0.2) is 4.79 Å². The number of ether oxygens (including phenoxy) is 1. The highest BCUT2D eigenvalue weighted by Gasteiger charge is 2.05. The lowest BCUT2D eigenvalue weighted by atomic mass is 10.0. The molecular weight excluding hydrogens is 372 g/mol. The predicted octanol–water partition coefficient (Wildman–Crippen LogP) is 6.32. The number of ketones is 1. The minimum absolute atomic E-state index is 0.107. The molecular formula is C27H24O3. The van der Waals surface area contributed by atoms with Gasteiger partial charge in [0.25, 0.3) is 0 Å². The third-order valence-corrected chi connectivity index (χ3v) is 4.60. The van der Waals surface area contributed by atoms with Crippen molar-refractivity contribution in [2.45, 2.75) is 19.8 Å². The van der Waals surface area contributed by atoms with E-state index in [1.54, 1.807) is 42.5 Å². The third kappa shape index (κ3) is 6.14. The van der Waals surface area contributed by atoms with Crippen molar-refractivity contribution in [2.75, 3.05) is 0 Å². The van der Waals surface area contributed by atoms with Gasteiger partial charge in [-0.3, -0.25) is 4.79 Å². The van der Waals surface area contributed by atoms with Crippen LogP contribution in [0.25, 0.3) is 12.2 Å². The van der Waals surface area contributed by atoms with E-state index in [0.717, 1.165) is 11.1 Å². The van der Waals surface area contributed by atoms with Crippen LogP contribution < -0.4 is 4.74 Å². The summed E-state index contributed by atoms with van der Waals surface area (Å²) in [5, 5.41) is 0. The number of carbonyl (C=O) groups is 2. The molecule has 0 unspecified atom stereocenters. The largest absolute Gasteiger partial charge is 0.423 e. The van der Waals surface area contributed by atoms with Gasteiger partial charge in [0.05, 0.1) is 0 Å². The standard InChI is InChI=1S/C27H24O3/c1-20(2)23-12-8-22(9-13-23)10-18-26(28)24-14-16-25(17-15-24)30-27(29)19-11-21-6-4-3-5-7-21/h3-20H,1-2H3/b18-10-,19-11+. The number of esters is 1. The van der Waals surface area contributed by atoms with Gasteiger partial charge in [-0.05, 0) is 59.0 Å². The van der Waals surface area contributed by atoms with E-state index >= 15 is 0 Å². The van der Waals surface area contributed by atoms with Gasteiger partial charge in [0.1, 0.15) is 5.75 Å². The van der Waals surface area contributed by atoms with Crippen molar-refractivity contribution in [3.63, 3.8) is 0 Å². The Labute approximate surface area is 177 Å². The van der Waals surface area contributed by atoms with E-state index in [9.17, 15) is 9.59 Å². The molecule has 0 fully saturated rings. The lowest BCUT2D eigenvalue weighted by Crippen LogP contribution is -2.04. The summed E-state index contributed by atoms with van der Waals surface area (Å²) < 4.78 is 5.28. The fourth-order valence-electron chi connectivity index (χ4n) is 2.83. The second kappa shape index (κ2) is 10.2. The number of allylic oxidation sites excluding steroid dienone is 1. The molecule has 0 radical (unpaired) electrons. The van der Waals surface area contributed by atoms with E-state index in [0.29, 0.717) is 17.2 Å². The quantitative estimate of drug-likeness (QED) is 0.203. The SMILES string of the molecule is CC(C)c1ccc(/C=C\C(=O)c2ccc(OC(=O)/C=C/c3ccccc3)cc2)cc1. The van der Waals surface area contributed by atoms with Gasteiger partial charge in [-0.15, -0.1) is 0 Å². The molecule has 0 spiro atoms. The lowest BCUT2D eigenvalue weighted by Gasteiger charge is -2.04. The van der Waals surface area contributed by atoms with E-state index in [2.05, 4.69) is 26.0 Å². The maximum absolute atomic E-state index is 12.4. The minimum atomic E-state index is -0.470. The van der Waals surface area contributed by atoms with Crippen molar-refractivity contribution >= 4 is 23.9 Å². The van der Waals surface area contributed by atoms with Crippen molar-refractivity contribution in [3.05, 3.63) is 113 Å². The Hall–Kier alpha value is -3.72. The first kappa shape index (κ1) is 21.0.